The van der Waals surface area contributed by atoms with Gasteiger partial charge in [-0.05, 0) is 39.7 Å². The Morgan fingerprint density at radius 1 is 1.43 bits per heavy atom. The van der Waals surface area contributed by atoms with Gasteiger partial charge in [-0.25, -0.2) is 4.79 Å². The average Bonchev–Trinajstić information content (AvgIpc) is 3.03. The van der Waals surface area contributed by atoms with E-state index in [1.807, 2.05) is 0 Å². The normalized spacial score (nSPS) is 29.0. The van der Waals surface area contributed by atoms with Crippen molar-refractivity contribution < 1.29 is 14.7 Å². The predicted molar refractivity (Wildman–Crippen MR) is 80.2 cm³/mol. The molecule has 0 aromatic rings. The minimum Gasteiger partial charge on any atom is -0.481 e. The number of carbonyl (C=O) groups is 2. The monoisotopic (exact) mass is 297 g/mol. The summed E-state index contributed by atoms with van der Waals surface area (Å²) in [5.41, 5.74) is 0. The largest absolute Gasteiger partial charge is 0.481 e. The Morgan fingerprint density at radius 2 is 2.14 bits per heavy atom. The van der Waals surface area contributed by atoms with Crippen LogP contribution in [0.3, 0.4) is 0 Å². The highest BCUT2D eigenvalue weighted by atomic mass is 16.4. The maximum absolute atomic E-state index is 12.3. The summed E-state index contributed by atoms with van der Waals surface area (Å²) < 4.78 is 0. The van der Waals surface area contributed by atoms with E-state index in [1.165, 1.54) is 0 Å². The number of urea groups is 1. The van der Waals surface area contributed by atoms with Crippen molar-refractivity contribution in [3.05, 3.63) is 0 Å². The van der Waals surface area contributed by atoms with Gasteiger partial charge in [0.25, 0.3) is 0 Å². The summed E-state index contributed by atoms with van der Waals surface area (Å²) in [6.07, 6.45) is 3.46. The second-order valence-electron chi connectivity index (χ2n) is 6.36. The lowest BCUT2D eigenvalue weighted by atomic mass is 9.89. The van der Waals surface area contributed by atoms with Gasteiger partial charge in [-0.15, -0.1) is 0 Å². The third-order valence-electron chi connectivity index (χ3n) is 5.17. The van der Waals surface area contributed by atoms with Crippen LogP contribution in [0, 0.1) is 5.92 Å². The molecule has 120 valence electrons. The molecule has 0 aromatic heterocycles. The van der Waals surface area contributed by atoms with Crippen LogP contribution in [0.2, 0.25) is 0 Å². The summed E-state index contributed by atoms with van der Waals surface area (Å²) in [6, 6.07) is 0.410. The first-order valence-electron chi connectivity index (χ1n) is 7.94. The first kappa shape index (κ1) is 16.1. The van der Waals surface area contributed by atoms with E-state index in [9.17, 15) is 14.7 Å². The average molecular weight is 297 g/mol. The van der Waals surface area contributed by atoms with Crippen LogP contribution in [0.5, 0.6) is 0 Å². The molecule has 6 nitrogen and oxygen atoms in total. The quantitative estimate of drug-likeness (QED) is 0.776. The van der Waals surface area contributed by atoms with E-state index >= 15 is 0 Å². The summed E-state index contributed by atoms with van der Waals surface area (Å²) >= 11 is 0. The molecule has 2 aliphatic rings. The molecule has 2 rings (SSSR count). The fraction of sp³-hybridized carbons (Fsp3) is 0.867. The number of amides is 2. The molecular weight excluding hydrogens is 270 g/mol. The smallest absolute Gasteiger partial charge is 0.317 e. The minimum atomic E-state index is -0.767. The van der Waals surface area contributed by atoms with Gasteiger partial charge < -0.3 is 20.2 Å². The third-order valence-corrected chi connectivity index (χ3v) is 5.17. The van der Waals surface area contributed by atoms with Crippen molar-refractivity contribution >= 4 is 12.0 Å². The number of carboxylic acid groups (broad SMARTS) is 1. The van der Waals surface area contributed by atoms with Gasteiger partial charge in [0.05, 0.1) is 5.92 Å². The lowest BCUT2D eigenvalue weighted by Gasteiger charge is -2.26. The second kappa shape index (κ2) is 6.64. The Hall–Kier alpha value is -1.30. The molecule has 4 atom stereocenters. The van der Waals surface area contributed by atoms with E-state index in [0.717, 1.165) is 25.8 Å². The zero-order valence-corrected chi connectivity index (χ0v) is 13.2. The molecule has 0 aromatic carbocycles. The van der Waals surface area contributed by atoms with Gasteiger partial charge >= 0.3 is 12.0 Å². The highest BCUT2D eigenvalue weighted by Gasteiger charge is 2.51. The lowest BCUT2D eigenvalue weighted by molar-refractivity contribution is -0.142. The van der Waals surface area contributed by atoms with E-state index in [4.69, 9.17) is 0 Å². The number of nitrogens with one attached hydrogen (secondary N) is 1. The van der Waals surface area contributed by atoms with E-state index in [-0.39, 0.29) is 24.0 Å². The van der Waals surface area contributed by atoms with Crippen molar-refractivity contribution in [2.45, 2.75) is 57.7 Å². The number of carboxylic acids is 1. The Bertz CT molecular complexity index is 402. The fourth-order valence-electron chi connectivity index (χ4n) is 3.53. The van der Waals surface area contributed by atoms with Crippen molar-refractivity contribution in [2.75, 3.05) is 20.1 Å². The van der Waals surface area contributed by atoms with E-state index in [0.29, 0.717) is 19.0 Å². The summed E-state index contributed by atoms with van der Waals surface area (Å²) in [5.74, 6) is -1.14. The molecule has 6 heteroatoms. The Morgan fingerprint density at radius 3 is 2.71 bits per heavy atom. The van der Waals surface area contributed by atoms with E-state index in [1.54, 1.807) is 4.90 Å². The highest BCUT2D eigenvalue weighted by molar-refractivity contribution is 5.79. The standard InChI is InChI=1S/C15H27N3O3/c1-4-10(2)17(3)8-7-16-15(21)18-11-5-6-13(18)12(9-11)14(19)20/h10-13H,4-9H2,1-3H3,(H,16,21)(H,19,20). The number of fused-ring (bicyclic) bond motifs is 2. The third kappa shape index (κ3) is 3.31. The van der Waals surface area contributed by atoms with Crippen LogP contribution in [0.1, 0.15) is 39.5 Å². The summed E-state index contributed by atoms with van der Waals surface area (Å²) in [5, 5.41) is 12.2. The van der Waals surface area contributed by atoms with Crippen molar-refractivity contribution in [1.29, 1.82) is 0 Å². The van der Waals surface area contributed by atoms with Crippen molar-refractivity contribution in [2.24, 2.45) is 5.92 Å². The van der Waals surface area contributed by atoms with Crippen LogP contribution >= 0.6 is 0 Å². The second-order valence-corrected chi connectivity index (χ2v) is 6.36. The molecule has 2 amide bonds. The first-order valence-corrected chi connectivity index (χ1v) is 7.94. The molecular formula is C15H27N3O3. The van der Waals surface area contributed by atoms with Crippen LogP contribution < -0.4 is 5.32 Å². The fourth-order valence-corrected chi connectivity index (χ4v) is 3.53. The summed E-state index contributed by atoms with van der Waals surface area (Å²) in [4.78, 5) is 27.5. The molecule has 2 saturated heterocycles. The summed E-state index contributed by atoms with van der Waals surface area (Å²) in [6.45, 7) is 5.73. The molecule has 2 bridgehead atoms. The number of rotatable bonds is 6. The molecule has 2 aliphatic heterocycles. The van der Waals surface area contributed by atoms with Crippen LogP contribution in [0.15, 0.2) is 0 Å². The topological polar surface area (TPSA) is 72.9 Å². The Labute approximate surface area is 126 Å². The maximum atomic E-state index is 12.3. The van der Waals surface area contributed by atoms with Crippen molar-refractivity contribution in [3.8, 4) is 0 Å². The molecule has 21 heavy (non-hydrogen) atoms. The van der Waals surface area contributed by atoms with Gasteiger partial charge in [0.2, 0.25) is 0 Å². The molecule has 4 unspecified atom stereocenters. The van der Waals surface area contributed by atoms with Crippen molar-refractivity contribution in [1.82, 2.24) is 15.1 Å². The van der Waals surface area contributed by atoms with Crippen LogP contribution in [-0.4, -0.2) is 65.2 Å². The van der Waals surface area contributed by atoms with Gasteiger partial charge in [-0.2, -0.15) is 0 Å². The molecule has 2 fully saturated rings. The minimum absolute atomic E-state index is 0.0937. The molecule has 2 N–H and O–H groups in total. The molecule has 0 radical (unpaired) electrons. The number of hydrogen-bond donors (Lipinski definition) is 2. The zero-order chi connectivity index (χ0) is 15.6. The maximum Gasteiger partial charge on any atom is 0.317 e. The zero-order valence-electron chi connectivity index (χ0n) is 13.2. The molecule has 0 saturated carbocycles. The SMILES string of the molecule is CCC(C)N(C)CCNC(=O)N1C2CCC1C(C(=O)O)C2. The Balaban J connectivity index is 1.81. The van der Waals surface area contributed by atoms with Gasteiger partial charge in [0.1, 0.15) is 0 Å². The van der Waals surface area contributed by atoms with Crippen LogP contribution in [-0.2, 0) is 4.79 Å². The molecule has 0 aliphatic carbocycles. The number of aliphatic carboxylic acids is 1. The Kier molecular flexibility index (Phi) is 5.08. The van der Waals surface area contributed by atoms with Crippen LogP contribution in [0.25, 0.3) is 0 Å². The number of carbonyl (C=O) groups excluding carboxylic acids is 1. The predicted octanol–water partition coefficient (Wildman–Crippen LogP) is 1.36. The lowest BCUT2D eigenvalue weighted by Crippen LogP contribution is -2.46. The van der Waals surface area contributed by atoms with Gasteiger partial charge in [-0.3, -0.25) is 4.79 Å². The van der Waals surface area contributed by atoms with Crippen LogP contribution in [0.4, 0.5) is 4.79 Å². The summed E-state index contributed by atoms with van der Waals surface area (Å²) in [7, 11) is 2.06. The molecule has 0 spiro atoms. The number of likely N-dealkylation sites (N-methyl/N-ethyl adjacent to an activating group) is 1. The van der Waals surface area contributed by atoms with E-state index in [2.05, 4.69) is 31.1 Å². The molecule has 2 heterocycles. The van der Waals surface area contributed by atoms with Gasteiger partial charge in [0.15, 0.2) is 0 Å². The first-order chi connectivity index (χ1) is 9.95. The number of nitrogens with zero attached hydrogens (tertiary/aromatic N) is 2. The van der Waals surface area contributed by atoms with Gasteiger partial charge in [0, 0.05) is 31.2 Å². The highest BCUT2D eigenvalue weighted by Crippen LogP contribution is 2.41. The van der Waals surface area contributed by atoms with E-state index < -0.39 is 5.97 Å². The van der Waals surface area contributed by atoms with Gasteiger partial charge in [-0.1, -0.05) is 6.92 Å². The van der Waals surface area contributed by atoms with Crippen molar-refractivity contribution in [3.63, 3.8) is 0 Å². The number of hydrogen-bond acceptors (Lipinski definition) is 3.